The Morgan fingerprint density at radius 3 is 2.35 bits per heavy atom. The summed E-state index contributed by atoms with van der Waals surface area (Å²) in [6.45, 7) is 0. The van der Waals surface area contributed by atoms with Gasteiger partial charge < -0.3 is 11.5 Å². The molecule has 0 radical (unpaired) electrons. The van der Waals surface area contributed by atoms with Crippen LogP contribution in [0.5, 0.6) is 0 Å². The zero-order valence-electron chi connectivity index (χ0n) is 11.3. The van der Waals surface area contributed by atoms with Crippen LogP contribution in [0.25, 0.3) is 5.57 Å². The highest BCUT2D eigenvalue weighted by Crippen LogP contribution is 2.41. The van der Waals surface area contributed by atoms with Gasteiger partial charge in [-0.25, -0.2) is 0 Å². The van der Waals surface area contributed by atoms with Crippen LogP contribution in [-0.2, 0) is 5.54 Å². The first kappa shape index (κ1) is 12.7. The molecule has 0 aliphatic heterocycles. The molecule has 0 heterocycles. The van der Waals surface area contributed by atoms with Gasteiger partial charge in [-0.1, -0.05) is 66.8 Å². The van der Waals surface area contributed by atoms with Gasteiger partial charge in [0.2, 0.25) is 0 Å². The van der Waals surface area contributed by atoms with Crippen LogP contribution in [0.1, 0.15) is 17.5 Å². The second-order valence-electron chi connectivity index (χ2n) is 5.14. The third kappa shape index (κ3) is 2.04. The molecule has 0 saturated carbocycles. The lowest BCUT2D eigenvalue weighted by atomic mass is 9.75. The fraction of sp³-hybridized carbons (Fsp3) is 0.111. The molecule has 1 unspecified atom stereocenters. The quantitative estimate of drug-likeness (QED) is 0.814. The van der Waals surface area contributed by atoms with Crippen LogP contribution in [0, 0.1) is 0 Å². The maximum atomic E-state index is 6.75. The number of benzene rings is 2. The minimum absolute atomic E-state index is 0.522. The molecule has 1 aliphatic rings. The molecular weight excluding hydrogens is 244 g/mol. The maximum Gasteiger partial charge on any atom is 0.0707 e. The van der Waals surface area contributed by atoms with E-state index in [0.29, 0.717) is 0 Å². The lowest BCUT2D eigenvalue weighted by Crippen LogP contribution is -2.38. The first-order valence-corrected chi connectivity index (χ1v) is 6.78. The normalized spacial score (nSPS) is 21.6. The van der Waals surface area contributed by atoms with Crippen molar-refractivity contribution in [3.8, 4) is 0 Å². The van der Waals surface area contributed by atoms with Crippen LogP contribution in [0.4, 0.5) is 5.69 Å². The molecule has 0 bridgehead atoms. The van der Waals surface area contributed by atoms with E-state index in [1.165, 1.54) is 0 Å². The summed E-state index contributed by atoms with van der Waals surface area (Å²) in [4.78, 5) is 0. The van der Waals surface area contributed by atoms with Crippen molar-refractivity contribution in [2.45, 2.75) is 12.0 Å². The van der Waals surface area contributed by atoms with Gasteiger partial charge in [0.25, 0.3) is 0 Å². The number of hydrogen-bond acceptors (Lipinski definition) is 2. The third-order valence-corrected chi connectivity index (χ3v) is 3.86. The topological polar surface area (TPSA) is 52.0 Å². The summed E-state index contributed by atoms with van der Waals surface area (Å²) in [5.74, 6) is 0. The Morgan fingerprint density at radius 1 is 0.900 bits per heavy atom. The van der Waals surface area contributed by atoms with E-state index in [1.807, 2.05) is 42.5 Å². The molecule has 4 N–H and O–H groups in total. The Kier molecular flexibility index (Phi) is 3.17. The summed E-state index contributed by atoms with van der Waals surface area (Å²) in [7, 11) is 0. The van der Waals surface area contributed by atoms with E-state index in [4.69, 9.17) is 11.5 Å². The second kappa shape index (κ2) is 4.99. The summed E-state index contributed by atoms with van der Waals surface area (Å²) in [6, 6.07) is 18.1. The van der Waals surface area contributed by atoms with Crippen molar-refractivity contribution in [3.63, 3.8) is 0 Å². The Bertz CT molecular complexity index is 671. The highest BCUT2D eigenvalue weighted by Gasteiger charge is 2.33. The molecule has 0 saturated heterocycles. The predicted octanol–water partition coefficient (Wildman–Crippen LogP) is 3.47. The van der Waals surface area contributed by atoms with Gasteiger partial charge in [-0.15, -0.1) is 0 Å². The molecule has 0 amide bonds. The molecule has 0 fully saturated rings. The smallest absolute Gasteiger partial charge is 0.0707 e. The Morgan fingerprint density at radius 2 is 1.60 bits per heavy atom. The molecule has 2 heteroatoms. The number of nitrogen functional groups attached to an aromatic ring is 1. The van der Waals surface area contributed by atoms with Crippen molar-refractivity contribution in [1.82, 2.24) is 0 Å². The van der Waals surface area contributed by atoms with Crippen LogP contribution in [0.3, 0.4) is 0 Å². The van der Waals surface area contributed by atoms with Crippen molar-refractivity contribution in [3.05, 3.63) is 84.0 Å². The molecule has 0 aromatic heterocycles. The number of nitrogens with two attached hydrogens (primary N) is 2. The van der Waals surface area contributed by atoms with Gasteiger partial charge in [0.15, 0.2) is 0 Å². The van der Waals surface area contributed by atoms with E-state index in [1.54, 1.807) is 0 Å². The molecule has 2 aromatic rings. The van der Waals surface area contributed by atoms with Crippen molar-refractivity contribution in [2.75, 3.05) is 5.73 Å². The van der Waals surface area contributed by atoms with Gasteiger partial charge in [-0.3, -0.25) is 0 Å². The van der Waals surface area contributed by atoms with E-state index in [0.717, 1.165) is 28.8 Å². The molecule has 2 nitrogen and oxygen atoms in total. The molecule has 3 rings (SSSR count). The van der Waals surface area contributed by atoms with Gasteiger partial charge in [0.1, 0.15) is 0 Å². The Labute approximate surface area is 119 Å². The van der Waals surface area contributed by atoms with Gasteiger partial charge in [-0.2, -0.15) is 0 Å². The second-order valence-corrected chi connectivity index (χ2v) is 5.14. The standard InChI is InChI=1S/C18H18N2/c19-17-12-5-4-10-15(17)16-11-6-7-13-18(16,20)14-8-2-1-3-9-14/h1-12H,13,19-20H2. The van der Waals surface area contributed by atoms with Crippen LogP contribution < -0.4 is 11.5 Å². The van der Waals surface area contributed by atoms with Crippen LogP contribution >= 0.6 is 0 Å². The van der Waals surface area contributed by atoms with Gasteiger partial charge in [0.05, 0.1) is 5.54 Å². The minimum atomic E-state index is -0.522. The number of allylic oxidation sites excluding steroid dienone is 2. The zero-order chi connectivity index (χ0) is 14.0. The molecular formula is C18H18N2. The summed E-state index contributed by atoms with van der Waals surface area (Å²) < 4.78 is 0. The van der Waals surface area contributed by atoms with Crippen molar-refractivity contribution in [2.24, 2.45) is 5.73 Å². The van der Waals surface area contributed by atoms with Gasteiger partial charge in [-0.05, 0) is 23.6 Å². The summed E-state index contributed by atoms with van der Waals surface area (Å²) >= 11 is 0. The van der Waals surface area contributed by atoms with Crippen LogP contribution in [0.15, 0.2) is 72.8 Å². The lowest BCUT2D eigenvalue weighted by molar-refractivity contribution is 0.586. The summed E-state index contributed by atoms with van der Waals surface area (Å²) in [5.41, 5.74) is 16.3. The van der Waals surface area contributed by atoms with Crippen molar-refractivity contribution >= 4 is 11.3 Å². The fourth-order valence-electron chi connectivity index (χ4n) is 2.76. The SMILES string of the molecule is Nc1ccccc1C1=CC=CCC1(N)c1ccccc1. The minimum Gasteiger partial charge on any atom is -0.398 e. The molecule has 20 heavy (non-hydrogen) atoms. The average Bonchev–Trinajstić information content (AvgIpc) is 2.50. The third-order valence-electron chi connectivity index (χ3n) is 3.86. The highest BCUT2D eigenvalue weighted by molar-refractivity contribution is 5.83. The molecule has 1 atom stereocenters. The molecule has 1 aliphatic carbocycles. The first-order valence-electron chi connectivity index (χ1n) is 6.78. The molecule has 2 aromatic carbocycles. The van der Waals surface area contributed by atoms with Crippen LogP contribution in [-0.4, -0.2) is 0 Å². The fourth-order valence-corrected chi connectivity index (χ4v) is 2.76. The Balaban J connectivity index is 2.15. The largest absolute Gasteiger partial charge is 0.398 e. The van der Waals surface area contributed by atoms with E-state index in [2.05, 4.69) is 30.4 Å². The lowest BCUT2D eigenvalue weighted by Gasteiger charge is -2.34. The van der Waals surface area contributed by atoms with E-state index in [9.17, 15) is 0 Å². The van der Waals surface area contributed by atoms with Gasteiger partial charge >= 0.3 is 0 Å². The number of hydrogen-bond donors (Lipinski definition) is 2. The zero-order valence-corrected chi connectivity index (χ0v) is 11.3. The predicted molar refractivity (Wildman–Crippen MR) is 84.9 cm³/mol. The first-order chi connectivity index (χ1) is 9.72. The molecule has 0 spiro atoms. The average molecular weight is 262 g/mol. The number of rotatable bonds is 2. The maximum absolute atomic E-state index is 6.75. The molecule has 100 valence electrons. The van der Waals surface area contributed by atoms with E-state index >= 15 is 0 Å². The van der Waals surface area contributed by atoms with E-state index < -0.39 is 5.54 Å². The summed E-state index contributed by atoms with van der Waals surface area (Å²) in [6.07, 6.45) is 7.00. The van der Waals surface area contributed by atoms with E-state index in [-0.39, 0.29) is 0 Å². The van der Waals surface area contributed by atoms with Crippen molar-refractivity contribution in [1.29, 1.82) is 0 Å². The monoisotopic (exact) mass is 262 g/mol. The van der Waals surface area contributed by atoms with Crippen molar-refractivity contribution < 1.29 is 0 Å². The number of anilines is 1. The number of para-hydroxylation sites is 1. The highest BCUT2D eigenvalue weighted by atomic mass is 14.8. The Hall–Kier alpha value is -2.32. The van der Waals surface area contributed by atoms with Gasteiger partial charge in [0, 0.05) is 11.3 Å². The summed E-state index contributed by atoms with van der Waals surface area (Å²) in [5, 5.41) is 0. The van der Waals surface area contributed by atoms with Crippen LogP contribution in [0.2, 0.25) is 0 Å².